The molecule has 1 atom stereocenters. The Hall–Kier alpha value is -3.48. The Labute approximate surface area is 178 Å². The highest BCUT2D eigenvalue weighted by atomic mass is 16.6. The standard InChI is InChI=1S/C24H22O7/c1-4-13-10-20(26)30-17-7-12(2)21-15(25)11-16(31-24(21)22(13)17)14-8-18(27-3)23-19(9-14)28-5-6-29-23/h7-10,16H,4-6,11H2,1-3H3/t16-/m0/s1. The fourth-order valence-electron chi connectivity index (χ4n) is 4.36. The number of Topliss-reactive ketones (excluding diaryl/α,β-unsaturated/α-hetero) is 1. The molecule has 0 radical (unpaired) electrons. The summed E-state index contributed by atoms with van der Waals surface area (Å²) in [6.45, 7) is 4.67. The number of carbonyl (C=O) groups excluding carboxylic acids is 1. The molecule has 1 aromatic heterocycles. The van der Waals surface area contributed by atoms with Crippen molar-refractivity contribution in [3.05, 3.63) is 56.9 Å². The van der Waals surface area contributed by atoms with Crippen LogP contribution in [0.4, 0.5) is 0 Å². The third-order valence-electron chi connectivity index (χ3n) is 5.78. The van der Waals surface area contributed by atoms with E-state index in [4.69, 9.17) is 23.4 Å². The van der Waals surface area contributed by atoms with Crippen molar-refractivity contribution in [3.63, 3.8) is 0 Å². The summed E-state index contributed by atoms with van der Waals surface area (Å²) in [5.74, 6) is 2.09. The van der Waals surface area contributed by atoms with Crippen molar-refractivity contribution in [2.45, 2.75) is 32.8 Å². The summed E-state index contributed by atoms with van der Waals surface area (Å²) in [5, 5.41) is 0.672. The molecule has 2 aliphatic rings. The van der Waals surface area contributed by atoms with Crippen LogP contribution < -0.4 is 24.6 Å². The van der Waals surface area contributed by atoms with E-state index >= 15 is 0 Å². The number of ether oxygens (including phenoxy) is 4. The predicted molar refractivity (Wildman–Crippen MR) is 113 cm³/mol. The van der Waals surface area contributed by atoms with Gasteiger partial charge in [-0.2, -0.15) is 0 Å². The summed E-state index contributed by atoms with van der Waals surface area (Å²) in [5.41, 5.74) is 2.81. The molecule has 0 fully saturated rings. The van der Waals surface area contributed by atoms with Crippen LogP contribution in [0.1, 0.15) is 46.5 Å². The average molecular weight is 422 g/mol. The van der Waals surface area contributed by atoms with E-state index in [1.807, 2.05) is 26.0 Å². The predicted octanol–water partition coefficient (Wildman–Crippen LogP) is 4.15. The molecule has 3 heterocycles. The number of methoxy groups -OCH3 is 1. The Morgan fingerprint density at radius 2 is 1.87 bits per heavy atom. The van der Waals surface area contributed by atoms with Gasteiger partial charge in [0, 0.05) is 11.6 Å². The van der Waals surface area contributed by atoms with Crippen LogP contribution in [0.3, 0.4) is 0 Å². The van der Waals surface area contributed by atoms with Gasteiger partial charge >= 0.3 is 5.63 Å². The molecule has 7 nitrogen and oxygen atoms in total. The van der Waals surface area contributed by atoms with Gasteiger partial charge in [-0.3, -0.25) is 4.79 Å². The highest BCUT2D eigenvalue weighted by molar-refractivity contribution is 6.07. The van der Waals surface area contributed by atoms with E-state index in [1.165, 1.54) is 6.07 Å². The number of aryl methyl sites for hydroxylation is 2. The van der Waals surface area contributed by atoms with Crippen molar-refractivity contribution in [2.75, 3.05) is 20.3 Å². The van der Waals surface area contributed by atoms with E-state index in [9.17, 15) is 9.59 Å². The highest BCUT2D eigenvalue weighted by Gasteiger charge is 2.33. The number of benzene rings is 2. The van der Waals surface area contributed by atoms with Crippen LogP contribution in [0.2, 0.25) is 0 Å². The summed E-state index contributed by atoms with van der Waals surface area (Å²) in [6.07, 6.45) is 0.254. The minimum absolute atomic E-state index is 0.0206. The Bertz CT molecular complexity index is 1250. The van der Waals surface area contributed by atoms with Crippen molar-refractivity contribution in [3.8, 4) is 23.0 Å². The van der Waals surface area contributed by atoms with Crippen LogP contribution in [0.5, 0.6) is 23.0 Å². The van der Waals surface area contributed by atoms with E-state index in [0.29, 0.717) is 59.2 Å². The number of carbonyl (C=O) groups is 1. The monoisotopic (exact) mass is 422 g/mol. The van der Waals surface area contributed by atoms with Crippen molar-refractivity contribution in [1.82, 2.24) is 0 Å². The lowest BCUT2D eigenvalue weighted by Gasteiger charge is -2.29. The Balaban J connectivity index is 1.68. The SMILES string of the molecule is CCc1cc(=O)oc2cc(C)c3c(c12)O[C@H](c1cc(OC)c2c(c1)OCCO2)CC3=O. The molecule has 160 valence electrons. The fourth-order valence-corrected chi connectivity index (χ4v) is 4.36. The summed E-state index contributed by atoms with van der Waals surface area (Å²) in [7, 11) is 1.56. The first-order valence-electron chi connectivity index (χ1n) is 10.3. The first kappa shape index (κ1) is 19.5. The van der Waals surface area contributed by atoms with Crippen LogP contribution in [0.15, 0.2) is 33.5 Å². The second-order valence-electron chi connectivity index (χ2n) is 7.70. The van der Waals surface area contributed by atoms with Gasteiger partial charge in [-0.05, 0) is 42.7 Å². The van der Waals surface area contributed by atoms with Gasteiger partial charge in [0.25, 0.3) is 0 Å². The molecule has 0 bridgehead atoms. The zero-order chi connectivity index (χ0) is 21.7. The molecule has 0 saturated heterocycles. The maximum atomic E-state index is 13.2. The average Bonchev–Trinajstić information content (AvgIpc) is 2.76. The maximum absolute atomic E-state index is 13.2. The molecule has 0 saturated carbocycles. The van der Waals surface area contributed by atoms with Gasteiger partial charge in [0.2, 0.25) is 5.75 Å². The quantitative estimate of drug-likeness (QED) is 0.586. The van der Waals surface area contributed by atoms with Gasteiger partial charge in [0.15, 0.2) is 17.3 Å². The van der Waals surface area contributed by atoms with Crippen molar-refractivity contribution < 1.29 is 28.2 Å². The first-order chi connectivity index (χ1) is 15.0. The van der Waals surface area contributed by atoms with Gasteiger partial charge < -0.3 is 23.4 Å². The van der Waals surface area contributed by atoms with E-state index < -0.39 is 11.7 Å². The smallest absolute Gasteiger partial charge is 0.336 e. The molecule has 2 aliphatic heterocycles. The normalized spacial score (nSPS) is 17.3. The van der Waals surface area contributed by atoms with Gasteiger partial charge in [-0.15, -0.1) is 0 Å². The van der Waals surface area contributed by atoms with E-state index in [-0.39, 0.29) is 12.2 Å². The molecule has 0 unspecified atom stereocenters. The number of rotatable bonds is 3. The number of hydrogen-bond acceptors (Lipinski definition) is 7. The van der Waals surface area contributed by atoms with E-state index in [2.05, 4.69) is 0 Å². The number of ketones is 1. The molecule has 5 rings (SSSR count). The molecule has 0 amide bonds. The minimum Gasteiger partial charge on any atom is -0.493 e. The van der Waals surface area contributed by atoms with Gasteiger partial charge in [0.1, 0.15) is 30.7 Å². The molecule has 2 aromatic carbocycles. The van der Waals surface area contributed by atoms with Gasteiger partial charge in [0.05, 0.1) is 24.5 Å². The van der Waals surface area contributed by atoms with Crippen LogP contribution >= 0.6 is 0 Å². The lowest BCUT2D eigenvalue weighted by atomic mass is 9.90. The topological polar surface area (TPSA) is 84.2 Å². The summed E-state index contributed by atoms with van der Waals surface area (Å²) >= 11 is 0. The molecule has 0 spiro atoms. The van der Waals surface area contributed by atoms with E-state index in [1.54, 1.807) is 13.2 Å². The second-order valence-corrected chi connectivity index (χ2v) is 7.70. The van der Waals surface area contributed by atoms with Crippen LogP contribution in [0.25, 0.3) is 11.0 Å². The molecule has 0 aliphatic carbocycles. The number of hydrogen-bond donors (Lipinski definition) is 0. The largest absolute Gasteiger partial charge is 0.493 e. The van der Waals surface area contributed by atoms with Crippen molar-refractivity contribution >= 4 is 16.8 Å². The fraction of sp³-hybridized carbons (Fsp3) is 0.333. The van der Waals surface area contributed by atoms with Crippen molar-refractivity contribution in [1.29, 1.82) is 0 Å². The molecular weight excluding hydrogens is 400 g/mol. The molecular formula is C24H22O7. The third-order valence-corrected chi connectivity index (χ3v) is 5.78. The third kappa shape index (κ3) is 3.12. The first-order valence-corrected chi connectivity index (χ1v) is 10.3. The maximum Gasteiger partial charge on any atom is 0.336 e. The lowest BCUT2D eigenvalue weighted by molar-refractivity contribution is 0.0850. The second kappa shape index (κ2) is 7.34. The summed E-state index contributed by atoms with van der Waals surface area (Å²) in [4.78, 5) is 25.2. The lowest BCUT2D eigenvalue weighted by Crippen LogP contribution is -2.23. The molecule has 3 aromatic rings. The Morgan fingerprint density at radius 3 is 2.65 bits per heavy atom. The highest BCUT2D eigenvalue weighted by Crippen LogP contribution is 2.46. The van der Waals surface area contributed by atoms with Crippen LogP contribution in [0, 0.1) is 6.92 Å². The summed E-state index contributed by atoms with van der Waals surface area (Å²) < 4.78 is 28.8. The minimum atomic E-state index is -0.536. The zero-order valence-corrected chi connectivity index (χ0v) is 17.6. The van der Waals surface area contributed by atoms with Crippen LogP contribution in [-0.2, 0) is 6.42 Å². The van der Waals surface area contributed by atoms with Gasteiger partial charge in [-0.1, -0.05) is 6.92 Å². The Kier molecular flexibility index (Phi) is 4.61. The van der Waals surface area contributed by atoms with Gasteiger partial charge in [-0.25, -0.2) is 4.79 Å². The molecule has 7 heteroatoms. The molecule has 0 N–H and O–H groups in total. The van der Waals surface area contributed by atoms with Crippen LogP contribution in [-0.4, -0.2) is 26.1 Å². The summed E-state index contributed by atoms with van der Waals surface area (Å²) in [6, 6.07) is 6.85. The molecule has 31 heavy (non-hydrogen) atoms. The zero-order valence-electron chi connectivity index (χ0n) is 17.6. The van der Waals surface area contributed by atoms with Crippen molar-refractivity contribution in [2.24, 2.45) is 0 Å². The Morgan fingerprint density at radius 1 is 1.06 bits per heavy atom. The number of fused-ring (bicyclic) bond motifs is 4. The van der Waals surface area contributed by atoms with E-state index in [0.717, 1.165) is 16.7 Å².